The summed E-state index contributed by atoms with van der Waals surface area (Å²) >= 11 is 0. The van der Waals surface area contributed by atoms with Crippen LogP contribution in [0.4, 0.5) is 0 Å². The number of hydrogen-bond donors (Lipinski definition) is 1. The van der Waals surface area contributed by atoms with Crippen molar-refractivity contribution >= 4 is 11.9 Å². The normalized spacial score (nSPS) is 17.4. The lowest BCUT2D eigenvalue weighted by atomic mass is 9.97. The first-order chi connectivity index (χ1) is 9.59. The van der Waals surface area contributed by atoms with Crippen LogP contribution in [0.25, 0.3) is 0 Å². The Morgan fingerprint density at radius 1 is 1.40 bits per heavy atom. The third-order valence-electron chi connectivity index (χ3n) is 3.48. The number of rotatable bonds is 5. The van der Waals surface area contributed by atoms with Crippen LogP contribution in [-0.2, 0) is 20.7 Å². The summed E-state index contributed by atoms with van der Waals surface area (Å²) < 4.78 is 5.61. The molecule has 1 N–H and O–H groups in total. The van der Waals surface area contributed by atoms with Crippen molar-refractivity contribution in [3.05, 3.63) is 35.4 Å². The third-order valence-corrected chi connectivity index (χ3v) is 3.48. The van der Waals surface area contributed by atoms with Gasteiger partial charge < -0.3 is 14.7 Å². The van der Waals surface area contributed by atoms with Gasteiger partial charge in [0.15, 0.2) is 6.10 Å². The number of carboxylic acid groups (broad SMARTS) is 1. The lowest BCUT2D eigenvalue weighted by Crippen LogP contribution is -2.36. The van der Waals surface area contributed by atoms with Gasteiger partial charge in [-0.25, -0.2) is 0 Å². The molecule has 5 nitrogen and oxygen atoms in total. The molecule has 1 aromatic rings. The highest BCUT2D eigenvalue weighted by atomic mass is 16.5. The molecule has 0 bridgehead atoms. The molecular formula is C15H19NO4. The topological polar surface area (TPSA) is 66.8 Å². The number of likely N-dealkylation sites (N-methyl/N-ethyl adjacent to an activating group) is 1. The molecule has 0 saturated heterocycles. The van der Waals surface area contributed by atoms with E-state index in [1.54, 1.807) is 11.9 Å². The summed E-state index contributed by atoms with van der Waals surface area (Å²) in [6.07, 6.45) is 0.781. The second kappa shape index (κ2) is 6.52. The fraction of sp³-hybridized carbons (Fsp3) is 0.467. The molecule has 1 heterocycles. The summed E-state index contributed by atoms with van der Waals surface area (Å²) in [5.41, 5.74) is 2.07. The quantitative estimate of drug-likeness (QED) is 0.888. The maximum atomic E-state index is 12.4. The van der Waals surface area contributed by atoms with E-state index in [1.807, 2.05) is 24.3 Å². The van der Waals surface area contributed by atoms with E-state index in [0.717, 1.165) is 17.5 Å². The number of ether oxygens (including phenoxy) is 1. The van der Waals surface area contributed by atoms with E-state index < -0.39 is 12.1 Å². The largest absolute Gasteiger partial charge is 0.481 e. The minimum absolute atomic E-state index is 0.0692. The molecule has 5 heteroatoms. The van der Waals surface area contributed by atoms with E-state index in [-0.39, 0.29) is 12.3 Å². The summed E-state index contributed by atoms with van der Waals surface area (Å²) in [6.45, 7) is 0.962. The van der Waals surface area contributed by atoms with Crippen LogP contribution in [0, 0.1) is 0 Å². The van der Waals surface area contributed by atoms with Crippen molar-refractivity contribution < 1.29 is 19.4 Å². The molecule has 1 unspecified atom stereocenters. The Bertz CT molecular complexity index is 500. The molecule has 1 atom stereocenters. The minimum atomic E-state index is -0.842. The van der Waals surface area contributed by atoms with E-state index in [2.05, 4.69) is 0 Å². The predicted molar refractivity (Wildman–Crippen MR) is 73.3 cm³/mol. The van der Waals surface area contributed by atoms with Gasteiger partial charge in [-0.05, 0) is 24.0 Å². The highest BCUT2D eigenvalue weighted by Gasteiger charge is 2.29. The molecule has 0 radical (unpaired) electrons. The van der Waals surface area contributed by atoms with Crippen LogP contribution in [0.15, 0.2) is 24.3 Å². The molecule has 0 fully saturated rings. The Labute approximate surface area is 118 Å². The fourth-order valence-electron chi connectivity index (χ4n) is 2.38. The summed E-state index contributed by atoms with van der Waals surface area (Å²) in [5, 5.41) is 8.62. The van der Waals surface area contributed by atoms with Crippen LogP contribution in [-0.4, -0.2) is 42.1 Å². The van der Waals surface area contributed by atoms with E-state index in [0.29, 0.717) is 19.6 Å². The van der Waals surface area contributed by atoms with E-state index in [4.69, 9.17) is 9.84 Å². The fourth-order valence-corrected chi connectivity index (χ4v) is 2.38. The predicted octanol–water partition coefficient (Wildman–Crippen LogP) is 1.62. The average molecular weight is 277 g/mol. The number of amides is 1. The van der Waals surface area contributed by atoms with Crippen LogP contribution in [0.3, 0.4) is 0 Å². The maximum absolute atomic E-state index is 12.4. The van der Waals surface area contributed by atoms with Gasteiger partial charge in [0, 0.05) is 20.0 Å². The van der Waals surface area contributed by atoms with Crippen molar-refractivity contribution in [3.8, 4) is 0 Å². The lowest BCUT2D eigenvalue weighted by molar-refractivity contribution is -0.144. The number of aliphatic carboxylic acids is 1. The molecule has 1 aliphatic heterocycles. The molecule has 1 aliphatic rings. The third kappa shape index (κ3) is 3.36. The Hall–Kier alpha value is -1.88. The van der Waals surface area contributed by atoms with E-state index >= 15 is 0 Å². The molecule has 0 aromatic heterocycles. The van der Waals surface area contributed by atoms with Crippen molar-refractivity contribution in [1.29, 1.82) is 0 Å². The maximum Gasteiger partial charge on any atom is 0.303 e. The monoisotopic (exact) mass is 277 g/mol. The average Bonchev–Trinajstić information content (AvgIpc) is 2.45. The van der Waals surface area contributed by atoms with Crippen molar-refractivity contribution in [2.75, 3.05) is 20.2 Å². The van der Waals surface area contributed by atoms with Crippen LogP contribution in [0.5, 0.6) is 0 Å². The summed E-state index contributed by atoms with van der Waals surface area (Å²) in [7, 11) is 1.69. The standard InChI is InChI=1S/C15H19NO4/c1-16(9-4-7-13(17)18)15(19)14-12-6-3-2-5-11(12)8-10-20-14/h2-3,5-6,14H,4,7-10H2,1H3,(H,17,18). The van der Waals surface area contributed by atoms with Crippen molar-refractivity contribution in [2.45, 2.75) is 25.4 Å². The molecule has 108 valence electrons. The number of carbonyl (C=O) groups is 2. The van der Waals surface area contributed by atoms with Crippen LogP contribution in [0.2, 0.25) is 0 Å². The van der Waals surface area contributed by atoms with Gasteiger partial charge in [0.1, 0.15) is 0 Å². The van der Waals surface area contributed by atoms with E-state index in [9.17, 15) is 9.59 Å². The van der Waals surface area contributed by atoms with Gasteiger partial charge in [0.2, 0.25) is 0 Å². The van der Waals surface area contributed by atoms with Gasteiger partial charge >= 0.3 is 5.97 Å². The molecule has 0 spiro atoms. The Morgan fingerprint density at radius 3 is 2.90 bits per heavy atom. The first-order valence-corrected chi connectivity index (χ1v) is 6.76. The van der Waals surface area contributed by atoms with Crippen LogP contribution < -0.4 is 0 Å². The Morgan fingerprint density at radius 2 is 2.15 bits per heavy atom. The van der Waals surface area contributed by atoms with Crippen LogP contribution >= 0.6 is 0 Å². The molecule has 2 rings (SSSR count). The molecule has 1 aromatic carbocycles. The summed E-state index contributed by atoms with van der Waals surface area (Å²) in [5.74, 6) is -0.951. The number of carboxylic acids is 1. The smallest absolute Gasteiger partial charge is 0.303 e. The second-order valence-electron chi connectivity index (χ2n) is 4.96. The van der Waals surface area contributed by atoms with Crippen molar-refractivity contribution in [2.24, 2.45) is 0 Å². The lowest BCUT2D eigenvalue weighted by Gasteiger charge is -2.28. The molecular weight excluding hydrogens is 258 g/mol. The van der Waals surface area contributed by atoms with Gasteiger partial charge in [-0.3, -0.25) is 9.59 Å². The minimum Gasteiger partial charge on any atom is -0.481 e. The van der Waals surface area contributed by atoms with Crippen molar-refractivity contribution in [1.82, 2.24) is 4.90 Å². The van der Waals surface area contributed by atoms with Gasteiger partial charge in [0.05, 0.1) is 6.61 Å². The summed E-state index contributed by atoms with van der Waals surface area (Å²) in [4.78, 5) is 24.4. The first-order valence-electron chi connectivity index (χ1n) is 6.76. The zero-order chi connectivity index (χ0) is 14.5. The number of carbonyl (C=O) groups excluding carboxylic acids is 1. The number of hydrogen-bond acceptors (Lipinski definition) is 3. The Kier molecular flexibility index (Phi) is 4.74. The van der Waals surface area contributed by atoms with E-state index in [1.165, 1.54) is 0 Å². The SMILES string of the molecule is CN(CCCC(=O)O)C(=O)C1OCCc2ccccc21. The number of nitrogens with zero attached hydrogens (tertiary/aromatic N) is 1. The van der Waals surface area contributed by atoms with Crippen LogP contribution in [0.1, 0.15) is 30.1 Å². The van der Waals surface area contributed by atoms with Gasteiger partial charge in [-0.2, -0.15) is 0 Å². The first kappa shape index (κ1) is 14.5. The Balaban J connectivity index is 2.01. The number of benzene rings is 1. The molecule has 0 saturated carbocycles. The van der Waals surface area contributed by atoms with Gasteiger partial charge in [-0.1, -0.05) is 24.3 Å². The van der Waals surface area contributed by atoms with Gasteiger partial charge in [-0.15, -0.1) is 0 Å². The molecule has 1 amide bonds. The zero-order valence-corrected chi connectivity index (χ0v) is 11.5. The van der Waals surface area contributed by atoms with Gasteiger partial charge in [0.25, 0.3) is 5.91 Å². The highest BCUT2D eigenvalue weighted by Crippen LogP contribution is 2.28. The van der Waals surface area contributed by atoms with Crippen molar-refractivity contribution in [3.63, 3.8) is 0 Å². The second-order valence-corrected chi connectivity index (χ2v) is 4.96. The molecule has 20 heavy (non-hydrogen) atoms. The highest BCUT2D eigenvalue weighted by molar-refractivity contribution is 5.82. The molecule has 0 aliphatic carbocycles. The summed E-state index contributed by atoms with van der Waals surface area (Å²) in [6, 6.07) is 7.80. The zero-order valence-electron chi connectivity index (χ0n) is 11.5. The number of fused-ring (bicyclic) bond motifs is 1.